The van der Waals surface area contributed by atoms with Gasteiger partial charge in [-0.1, -0.05) is 24.3 Å². The number of carbonyl (C=O) groups is 1. The van der Waals surface area contributed by atoms with Crippen LogP contribution < -0.4 is 5.73 Å². The third-order valence-corrected chi connectivity index (χ3v) is 4.22. The number of nitrogens with two attached hydrogens (primary N) is 1. The molecule has 3 aliphatic heterocycles. The van der Waals surface area contributed by atoms with Gasteiger partial charge in [0.05, 0.1) is 19.4 Å². The van der Waals surface area contributed by atoms with E-state index in [4.69, 9.17) is 10.5 Å². The van der Waals surface area contributed by atoms with Crippen molar-refractivity contribution >= 4 is 18.1 Å². The standard InChI is InChI=1S/C16H17N5O2/c1-2-23-15(22)12-13-11-6-4-3-5-10(11)9-19-21(13)16-18-7-8-20(16)14(12)17/h3-6,9,13H,2,7-8,17H2,1H3/t13-/m1/s1. The molecule has 23 heavy (non-hydrogen) atoms. The molecule has 2 N–H and O–H groups in total. The van der Waals surface area contributed by atoms with Crippen LogP contribution in [0, 0.1) is 0 Å². The van der Waals surface area contributed by atoms with Crippen LogP contribution in [0.2, 0.25) is 0 Å². The molecule has 7 nitrogen and oxygen atoms in total. The van der Waals surface area contributed by atoms with Crippen molar-refractivity contribution in [2.24, 2.45) is 15.8 Å². The van der Waals surface area contributed by atoms with Crippen LogP contribution in [0.25, 0.3) is 0 Å². The molecule has 0 radical (unpaired) electrons. The molecule has 0 fully saturated rings. The Hall–Kier alpha value is -2.83. The zero-order chi connectivity index (χ0) is 16.0. The number of benzene rings is 1. The van der Waals surface area contributed by atoms with Crippen molar-refractivity contribution in [2.75, 3.05) is 19.7 Å². The van der Waals surface area contributed by atoms with Gasteiger partial charge >= 0.3 is 5.97 Å². The van der Waals surface area contributed by atoms with Gasteiger partial charge in [0.1, 0.15) is 17.4 Å². The molecule has 7 heteroatoms. The zero-order valence-electron chi connectivity index (χ0n) is 12.8. The molecular formula is C16H17N5O2. The lowest BCUT2D eigenvalue weighted by atomic mass is 9.91. The number of hydrogen-bond donors (Lipinski definition) is 1. The number of carbonyl (C=O) groups excluding carboxylic acids is 1. The average Bonchev–Trinajstić information content (AvgIpc) is 3.05. The van der Waals surface area contributed by atoms with Crippen LogP contribution in [-0.2, 0) is 9.53 Å². The Morgan fingerprint density at radius 1 is 1.43 bits per heavy atom. The molecular weight excluding hydrogens is 294 g/mol. The Bertz CT molecular complexity index is 767. The maximum absolute atomic E-state index is 12.6. The van der Waals surface area contributed by atoms with Crippen LogP contribution in [0.3, 0.4) is 0 Å². The number of hydrazone groups is 1. The van der Waals surface area contributed by atoms with Gasteiger partial charge in [0.15, 0.2) is 0 Å². The zero-order valence-corrected chi connectivity index (χ0v) is 12.8. The minimum atomic E-state index is -0.405. The van der Waals surface area contributed by atoms with Crippen molar-refractivity contribution < 1.29 is 9.53 Å². The number of guanidine groups is 1. The van der Waals surface area contributed by atoms with Crippen LogP contribution in [0.15, 0.2) is 45.8 Å². The highest BCUT2D eigenvalue weighted by atomic mass is 16.5. The van der Waals surface area contributed by atoms with E-state index in [2.05, 4.69) is 10.1 Å². The summed E-state index contributed by atoms with van der Waals surface area (Å²) in [5, 5.41) is 6.26. The van der Waals surface area contributed by atoms with E-state index in [1.54, 1.807) is 18.1 Å². The molecule has 3 heterocycles. The lowest BCUT2D eigenvalue weighted by molar-refractivity contribution is -0.139. The minimum Gasteiger partial charge on any atom is -0.462 e. The normalized spacial score (nSPS) is 21.6. The predicted molar refractivity (Wildman–Crippen MR) is 85.5 cm³/mol. The van der Waals surface area contributed by atoms with Gasteiger partial charge in [0.2, 0.25) is 5.96 Å². The predicted octanol–water partition coefficient (Wildman–Crippen LogP) is 0.796. The van der Waals surface area contributed by atoms with Gasteiger partial charge in [-0.25, -0.2) is 14.8 Å². The summed E-state index contributed by atoms with van der Waals surface area (Å²) >= 11 is 0. The number of esters is 1. The first-order valence-corrected chi connectivity index (χ1v) is 7.63. The molecule has 1 aromatic rings. The smallest absolute Gasteiger partial charge is 0.340 e. The highest BCUT2D eigenvalue weighted by Gasteiger charge is 2.45. The quantitative estimate of drug-likeness (QED) is 0.817. The number of rotatable bonds is 2. The minimum absolute atomic E-state index is 0.300. The van der Waals surface area contributed by atoms with E-state index in [0.717, 1.165) is 11.1 Å². The number of nitrogens with zero attached hydrogens (tertiary/aromatic N) is 4. The summed E-state index contributed by atoms with van der Waals surface area (Å²) < 4.78 is 5.24. The molecule has 1 aromatic carbocycles. The van der Waals surface area contributed by atoms with E-state index in [0.29, 0.717) is 37.1 Å². The summed E-state index contributed by atoms with van der Waals surface area (Å²) in [7, 11) is 0. The van der Waals surface area contributed by atoms with Crippen LogP contribution >= 0.6 is 0 Å². The largest absolute Gasteiger partial charge is 0.462 e. The third kappa shape index (κ3) is 1.93. The van der Waals surface area contributed by atoms with Gasteiger partial charge in [-0.2, -0.15) is 5.10 Å². The van der Waals surface area contributed by atoms with Gasteiger partial charge in [-0.05, 0) is 12.5 Å². The molecule has 0 aromatic heterocycles. The van der Waals surface area contributed by atoms with Crippen molar-refractivity contribution in [1.29, 1.82) is 0 Å². The maximum atomic E-state index is 12.6. The summed E-state index contributed by atoms with van der Waals surface area (Å²) in [5.74, 6) is 0.692. The Labute approximate surface area is 133 Å². The monoisotopic (exact) mass is 311 g/mol. The second-order valence-electron chi connectivity index (χ2n) is 5.47. The third-order valence-electron chi connectivity index (χ3n) is 4.22. The van der Waals surface area contributed by atoms with E-state index in [1.807, 2.05) is 29.2 Å². The first kappa shape index (κ1) is 13.8. The molecule has 0 unspecified atom stereocenters. The van der Waals surface area contributed by atoms with Crippen LogP contribution in [0.1, 0.15) is 24.1 Å². The molecule has 0 saturated carbocycles. The molecule has 118 valence electrons. The van der Waals surface area contributed by atoms with E-state index in [-0.39, 0.29) is 0 Å². The first-order valence-electron chi connectivity index (χ1n) is 7.63. The van der Waals surface area contributed by atoms with E-state index in [9.17, 15) is 4.79 Å². The maximum Gasteiger partial charge on any atom is 0.340 e. The lowest BCUT2D eigenvalue weighted by Gasteiger charge is -2.41. The number of hydrogen-bond acceptors (Lipinski definition) is 7. The number of fused-ring (bicyclic) bond motifs is 5. The molecule has 0 bridgehead atoms. The fraction of sp³-hybridized carbons (Fsp3) is 0.312. The van der Waals surface area contributed by atoms with Crippen LogP contribution in [0.5, 0.6) is 0 Å². The van der Waals surface area contributed by atoms with Gasteiger partial charge in [0, 0.05) is 12.1 Å². The Kier molecular flexibility index (Phi) is 3.07. The lowest BCUT2D eigenvalue weighted by Crippen LogP contribution is -2.51. The number of aliphatic imine (C=N–C) groups is 1. The molecule has 3 aliphatic rings. The average molecular weight is 311 g/mol. The molecule has 4 rings (SSSR count). The molecule has 0 saturated heterocycles. The second-order valence-corrected chi connectivity index (χ2v) is 5.47. The molecule has 0 amide bonds. The van der Waals surface area contributed by atoms with Crippen molar-refractivity contribution in [2.45, 2.75) is 13.0 Å². The summed E-state index contributed by atoms with van der Waals surface area (Å²) in [6.07, 6.45) is 1.79. The van der Waals surface area contributed by atoms with Crippen molar-refractivity contribution in [3.05, 3.63) is 46.8 Å². The molecule has 0 aliphatic carbocycles. The molecule has 0 spiro atoms. The van der Waals surface area contributed by atoms with Crippen molar-refractivity contribution in [3.8, 4) is 0 Å². The SMILES string of the molecule is CCOC(=O)C1=C(N)N2CCN=C2N2N=Cc3ccccc3[C@H]12. The van der Waals surface area contributed by atoms with Crippen molar-refractivity contribution in [1.82, 2.24) is 9.91 Å². The van der Waals surface area contributed by atoms with E-state index < -0.39 is 12.0 Å². The van der Waals surface area contributed by atoms with Gasteiger partial charge < -0.3 is 10.5 Å². The summed E-state index contributed by atoms with van der Waals surface area (Å²) in [4.78, 5) is 18.9. The van der Waals surface area contributed by atoms with E-state index >= 15 is 0 Å². The summed E-state index contributed by atoms with van der Waals surface area (Å²) in [6, 6.07) is 7.44. The topological polar surface area (TPSA) is 83.5 Å². The highest BCUT2D eigenvalue weighted by molar-refractivity contribution is 5.99. The fourth-order valence-electron chi connectivity index (χ4n) is 3.22. The fourth-order valence-corrected chi connectivity index (χ4v) is 3.22. The van der Waals surface area contributed by atoms with Crippen LogP contribution in [0.4, 0.5) is 0 Å². The highest BCUT2D eigenvalue weighted by Crippen LogP contribution is 2.40. The summed E-state index contributed by atoms with van der Waals surface area (Å²) in [5.41, 5.74) is 8.68. The Morgan fingerprint density at radius 3 is 3.09 bits per heavy atom. The summed E-state index contributed by atoms with van der Waals surface area (Å²) in [6.45, 7) is 3.36. The van der Waals surface area contributed by atoms with Crippen molar-refractivity contribution in [3.63, 3.8) is 0 Å². The molecule has 1 atom stereocenters. The Morgan fingerprint density at radius 2 is 2.26 bits per heavy atom. The van der Waals surface area contributed by atoms with Gasteiger partial charge in [-0.3, -0.25) is 4.90 Å². The first-order chi connectivity index (χ1) is 11.2. The van der Waals surface area contributed by atoms with Crippen LogP contribution in [-0.4, -0.2) is 47.7 Å². The van der Waals surface area contributed by atoms with Gasteiger partial charge in [0.25, 0.3) is 0 Å². The van der Waals surface area contributed by atoms with Gasteiger partial charge in [-0.15, -0.1) is 0 Å². The number of ether oxygens (including phenoxy) is 1. The second kappa shape index (κ2) is 5.12. The van der Waals surface area contributed by atoms with E-state index in [1.165, 1.54) is 0 Å². The Balaban J connectivity index is 1.92.